The Balaban J connectivity index is 1.22. The maximum atomic E-state index is 13.7. The number of urea groups is 1. The van der Waals surface area contributed by atoms with Crippen molar-refractivity contribution in [2.45, 2.75) is 57.8 Å². The summed E-state index contributed by atoms with van der Waals surface area (Å²) in [6, 6.07) is 4.51. The summed E-state index contributed by atoms with van der Waals surface area (Å²) in [5.74, 6) is 0.116. The second-order valence-corrected chi connectivity index (χ2v) is 10.2. The Kier molecular flexibility index (Phi) is 4.70. The zero-order chi connectivity index (χ0) is 23.6. The first-order chi connectivity index (χ1) is 16.3. The Morgan fingerprint density at radius 1 is 1.26 bits per heavy atom. The number of carbonyl (C=O) groups excluding carboxylic acids is 2. The van der Waals surface area contributed by atoms with Gasteiger partial charge in [-0.2, -0.15) is 5.10 Å². The molecule has 2 atom stereocenters. The fourth-order valence-electron chi connectivity index (χ4n) is 5.76. The highest BCUT2D eigenvalue weighted by molar-refractivity contribution is 6.02. The molecule has 0 radical (unpaired) electrons. The van der Waals surface area contributed by atoms with Gasteiger partial charge >= 0.3 is 6.03 Å². The number of carbonyl (C=O) groups is 2. The maximum Gasteiger partial charge on any atom is 0.321 e. The number of nitrogens with one attached hydrogen (secondary N) is 2. The smallest absolute Gasteiger partial charge is 0.320 e. The molecule has 3 aromatic heterocycles. The van der Waals surface area contributed by atoms with Crippen LogP contribution in [0.3, 0.4) is 0 Å². The van der Waals surface area contributed by atoms with Crippen LogP contribution in [0.1, 0.15) is 55.4 Å². The second kappa shape index (κ2) is 7.56. The fraction of sp³-hybridized carbons (Fsp3) is 0.500. The monoisotopic (exact) mass is 462 g/mol. The van der Waals surface area contributed by atoms with Crippen LogP contribution in [-0.4, -0.2) is 77.9 Å². The van der Waals surface area contributed by atoms with Gasteiger partial charge in [-0.3, -0.25) is 14.8 Å². The highest BCUT2D eigenvalue weighted by atomic mass is 16.2. The van der Waals surface area contributed by atoms with Gasteiger partial charge in [-0.05, 0) is 52.3 Å². The number of nitrogens with zero attached hydrogens (tertiary/aromatic N) is 6. The molecule has 2 saturated heterocycles. The molecule has 2 N–H and O–H groups in total. The number of aromatic nitrogens is 4. The average molecular weight is 463 g/mol. The molecule has 0 aromatic carbocycles. The van der Waals surface area contributed by atoms with Crippen molar-refractivity contribution in [3.05, 3.63) is 47.7 Å². The van der Waals surface area contributed by atoms with Crippen molar-refractivity contribution in [2.24, 2.45) is 0 Å². The first kappa shape index (κ1) is 21.2. The number of aromatic amines is 1. The van der Waals surface area contributed by atoms with E-state index in [1.165, 1.54) is 6.42 Å². The zero-order valence-corrected chi connectivity index (χ0v) is 19.8. The van der Waals surface area contributed by atoms with Crippen molar-refractivity contribution in [1.29, 1.82) is 0 Å². The fourth-order valence-corrected chi connectivity index (χ4v) is 5.76. The summed E-state index contributed by atoms with van der Waals surface area (Å²) in [5, 5.41) is 10.3. The van der Waals surface area contributed by atoms with Gasteiger partial charge in [0.1, 0.15) is 5.69 Å². The molecule has 2 fully saturated rings. The van der Waals surface area contributed by atoms with Gasteiger partial charge in [-0.1, -0.05) is 0 Å². The minimum Gasteiger partial charge on any atom is -0.320 e. The lowest BCUT2D eigenvalue weighted by Crippen LogP contribution is -2.60. The van der Waals surface area contributed by atoms with Crippen LogP contribution in [-0.2, 0) is 12.1 Å². The van der Waals surface area contributed by atoms with Crippen molar-refractivity contribution in [3.8, 4) is 0 Å². The molecule has 3 aromatic rings. The van der Waals surface area contributed by atoms with E-state index in [9.17, 15) is 9.59 Å². The molecule has 6 rings (SSSR count). The maximum absolute atomic E-state index is 13.7. The number of H-pyrrole nitrogens is 1. The number of hydrogen-bond acceptors (Lipinski definition) is 5. The van der Waals surface area contributed by atoms with Crippen LogP contribution in [0.2, 0.25) is 0 Å². The molecule has 3 aliphatic heterocycles. The zero-order valence-electron chi connectivity index (χ0n) is 19.8. The van der Waals surface area contributed by atoms with Gasteiger partial charge in [0.15, 0.2) is 5.82 Å². The van der Waals surface area contributed by atoms with Gasteiger partial charge in [-0.25, -0.2) is 9.78 Å². The topological polar surface area (TPSA) is 102 Å². The average Bonchev–Trinajstić information content (AvgIpc) is 3.58. The van der Waals surface area contributed by atoms with E-state index in [0.29, 0.717) is 24.1 Å². The van der Waals surface area contributed by atoms with E-state index in [1.807, 2.05) is 46.4 Å². The minimum atomic E-state index is -0.558. The largest absolute Gasteiger partial charge is 0.321 e. The van der Waals surface area contributed by atoms with Crippen LogP contribution in [0.15, 0.2) is 30.7 Å². The van der Waals surface area contributed by atoms with Crippen LogP contribution in [0, 0.1) is 0 Å². The summed E-state index contributed by atoms with van der Waals surface area (Å²) in [5.41, 5.74) is 2.37. The minimum absolute atomic E-state index is 0.0469. The third-order valence-corrected chi connectivity index (χ3v) is 7.76. The standard InChI is InChI=1S/C24H30N8O2/c1-15-11-29-8-5-7-17(29)12-31(15)23(34)32-13-18-20(24(32,2)3)27-28-21(18)26-22(33)19-14-30-9-4-6-16(30)10-25-19/h4,6,9-10,14-15,17H,5,7-8,11-13H2,1-3H3,(H2,26,27,28,33)/t15-,17-/m0/s1. The first-order valence-electron chi connectivity index (χ1n) is 12.0. The van der Waals surface area contributed by atoms with E-state index < -0.39 is 5.54 Å². The van der Waals surface area contributed by atoms with Gasteiger partial charge < -0.3 is 19.5 Å². The molecule has 3 aliphatic rings. The molecule has 0 spiro atoms. The number of hydrogen-bond donors (Lipinski definition) is 2. The van der Waals surface area contributed by atoms with E-state index in [1.54, 1.807) is 12.4 Å². The lowest BCUT2D eigenvalue weighted by molar-refractivity contribution is 0.0454. The van der Waals surface area contributed by atoms with E-state index in [-0.39, 0.29) is 18.0 Å². The number of rotatable bonds is 2. The molecule has 10 nitrogen and oxygen atoms in total. The lowest BCUT2D eigenvalue weighted by Gasteiger charge is -2.45. The third kappa shape index (κ3) is 3.19. The predicted octanol–water partition coefficient (Wildman–Crippen LogP) is 2.65. The summed E-state index contributed by atoms with van der Waals surface area (Å²) < 4.78 is 1.85. The molecule has 0 bridgehead atoms. The first-order valence-corrected chi connectivity index (χ1v) is 12.0. The number of anilines is 1. The number of piperazine rings is 1. The Hall–Kier alpha value is -3.40. The number of amides is 3. The van der Waals surface area contributed by atoms with Gasteiger partial charge in [0.05, 0.1) is 29.5 Å². The number of fused-ring (bicyclic) bond motifs is 3. The van der Waals surface area contributed by atoms with E-state index in [4.69, 9.17) is 0 Å². The Morgan fingerprint density at radius 3 is 2.97 bits per heavy atom. The Morgan fingerprint density at radius 2 is 2.12 bits per heavy atom. The Bertz CT molecular complexity index is 1280. The van der Waals surface area contributed by atoms with Crippen molar-refractivity contribution in [3.63, 3.8) is 0 Å². The highest BCUT2D eigenvalue weighted by Crippen LogP contribution is 2.41. The van der Waals surface area contributed by atoms with Crippen molar-refractivity contribution in [1.82, 2.24) is 34.3 Å². The summed E-state index contributed by atoms with van der Waals surface area (Å²) in [6.45, 7) is 9.42. The van der Waals surface area contributed by atoms with Crippen LogP contribution < -0.4 is 5.32 Å². The molecule has 3 amide bonds. The summed E-state index contributed by atoms with van der Waals surface area (Å²) in [7, 11) is 0. The lowest BCUT2D eigenvalue weighted by atomic mass is 10.0. The van der Waals surface area contributed by atoms with Crippen LogP contribution in [0.4, 0.5) is 10.6 Å². The molecule has 10 heteroatoms. The SMILES string of the molecule is C[C@H]1CN2CCC[C@H]2CN1C(=O)N1Cc2c(NC(=O)c3cn4cccc4cn3)n[nH]c2C1(C)C. The van der Waals surface area contributed by atoms with Crippen LogP contribution in [0.25, 0.3) is 5.52 Å². The molecule has 0 unspecified atom stereocenters. The molecular weight excluding hydrogens is 432 g/mol. The summed E-state index contributed by atoms with van der Waals surface area (Å²) in [4.78, 5) is 37.4. The molecule has 0 saturated carbocycles. The van der Waals surface area contributed by atoms with Gasteiger partial charge in [-0.15, -0.1) is 0 Å². The normalized spacial score (nSPS) is 23.9. The van der Waals surface area contributed by atoms with E-state index >= 15 is 0 Å². The molecule has 6 heterocycles. The van der Waals surface area contributed by atoms with Crippen molar-refractivity contribution in [2.75, 3.05) is 25.0 Å². The van der Waals surface area contributed by atoms with Crippen molar-refractivity contribution >= 4 is 23.3 Å². The Labute approximate surface area is 197 Å². The van der Waals surface area contributed by atoms with E-state index in [0.717, 1.165) is 42.8 Å². The van der Waals surface area contributed by atoms with E-state index in [2.05, 4.69) is 32.3 Å². The van der Waals surface area contributed by atoms with Crippen LogP contribution >= 0.6 is 0 Å². The van der Waals surface area contributed by atoms with Gasteiger partial charge in [0, 0.05) is 43.1 Å². The van der Waals surface area contributed by atoms with Gasteiger partial charge in [0.25, 0.3) is 5.91 Å². The third-order valence-electron chi connectivity index (χ3n) is 7.76. The molecule has 178 valence electrons. The molecular formula is C24H30N8O2. The predicted molar refractivity (Wildman–Crippen MR) is 126 cm³/mol. The second-order valence-electron chi connectivity index (χ2n) is 10.2. The molecule has 0 aliphatic carbocycles. The van der Waals surface area contributed by atoms with Gasteiger partial charge in [0.2, 0.25) is 0 Å². The van der Waals surface area contributed by atoms with Crippen molar-refractivity contribution < 1.29 is 9.59 Å². The quantitative estimate of drug-likeness (QED) is 0.610. The molecule has 34 heavy (non-hydrogen) atoms. The summed E-state index contributed by atoms with van der Waals surface area (Å²) >= 11 is 0. The van der Waals surface area contributed by atoms with Crippen LogP contribution in [0.5, 0.6) is 0 Å². The highest BCUT2D eigenvalue weighted by Gasteiger charge is 2.47. The summed E-state index contributed by atoms with van der Waals surface area (Å²) in [6.07, 6.45) is 7.60.